The first-order valence-corrected chi connectivity index (χ1v) is 12.4. The number of carbonyl (C=O) groups excluding carboxylic acids is 1. The van der Waals surface area contributed by atoms with Gasteiger partial charge in [-0.2, -0.15) is 0 Å². The average Bonchev–Trinajstić information content (AvgIpc) is 2.77. The summed E-state index contributed by atoms with van der Waals surface area (Å²) < 4.78 is 0. The van der Waals surface area contributed by atoms with E-state index in [0.717, 1.165) is 0 Å². The van der Waals surface area contributed by atoms with E-state index in [9.17, 15) is 44.4 Å². The summed E-state index contributed by atoms with van der Waals surface area (Å²) in [4.78, 5) is 66.6. The van der Waals surface area contributed by atoms with E-state index >= 15 is 0 Å². The van der Waals surface area contributed by atoms with Crippen molar-refractivity contribution in [2.24, 2.45) is 5.92 Å². The Hall–Kier alpha value is -2.65. The molecule has 1 rings (SSSR count). The van der Waals surface area contributed by atoms with Crippen molar-refractivity contribution in [3.63, 3.8) is 0 Å². The Morgan fingerprint density at radius 2 is 0.649 bits per heavy atom. The van der Waals surface area contributed by atoms with Crippen molar-refractivity contribution in [2.45, 2.75) is 13.8 Å². The van der Waals surface area contributed by atoms with E-state index in [1.165, 1.54) is 0 Å². The van der Waals surface area contributed by atoms with E-state index in [2.05, 4.69) is 0 Å². The van der Waals surface area contributed by atoms with Crippen LogP contribution in [0.15, 0.2) is 0 Å². The summed E-state index contributed by atoms with van der Waals surface area (Å²) in [6.07, 6.45) is 0. The van der Waals surface area contributed by atoms with Gasteiger partial charge in [0.15, 0.2) is 0 Å². The van der Waals surface area contributed by atoms with E-state index in [1.54, 1.807) is 33.4 Å². The molecule has 0 aliphatic carbocycles. The molecule has 14 heteroatoms. The van der Waals surface area contributed by atoms with Crippen LogP contribution >= 0.6 is 0 Å². The number of Topliss-reactive ketones (excluding diaryl/α,β-unsaturated/α-hetero) is 1. The molecule has 4 N–H and O–H groups in total. The van der Waals surface area contributed by atoms with Gasteiger partial charge in [0.05, 0.1) is 32.7 Å². The molecule has 0 unspecified atom stereocenters. The molecule has 0 spiro atoms. The predicted octanol–water partition coefficient (Wildman–Crippen LogP) is -1.93. The summed E-state index contributed by atoms with van der Waals surface area (Å²) in [6.45, 7) is 5.56. The van der Waals surface area contributed by atoms with Crippen LogP contribution < -0.4 is 0 Å². The van der Waals surface area contributed by atoms with Crippen LogP contribution in [0.1, 0.15) is 13.8 Å². The SMILES string of the molecule is CC(C)C(=O)CN1CCN(CC(=O)O)CCN(CC(=O)O)CCN(CC(=O)O)CCN(CC(=O)O)CC1. The Morgan fingerprint density at radius 1 is 0.459 bits per heavy atom. The van der Waals surface area contributed by atoms with Gasteiger partial charge in [0.25, 0.3) is 0 Å². The van der Waals surface area contributed by atoms with Gasteiger partial charge in [-0.15, -0.1) is 0 Å². The second-order valence-corrected chi connectivity index (χ2v) is 9.58. The molecule has 0 atom stereocenters. The zero-order valence-corrected chi connectivity index (χ0v) is 21.8. The smallest absolute Gasteiger partial charge is 0.317 e. The molecule has 0 bridgehead atoms. The number of nitrogens with zero attached hydrogens (tertiary/aromatic N) is 5. The molecule has 14 nitrogen and oxygen atoms in total. The monoisotopic (exact) mass is 531 g/mol. The maximum absolute atomic E-state index is 12.5. The normalized spacial score (nSPS) is 19.2. The van der Waals surface area contributed by atoms with Crippen LogP contribution in [0.4, 0.5) is 0 Å². The highest BCUT2D eigenvalue weighted by Crippen LogP contribution is 2.04. The van der Waals surface area contributed by atoms with E-state index < -0.39 is 23.9 Å². The molecule has 1 saturated heterocycles. The van der Waals surface area contributed by atoms with Crippen LogP contribution in [-0.2, 0) is 24.0 Å². The van der Waals surface area contributed by atoms with Gasteiger partial charge in [-0.1, -0.05) is 13.8 Å². The maximum Gasteiger partial charge on any atom is 0.317 e. The van der Waals surface area contributed by atoms with Gasteiger partial charge in [0, 0.05) is 71.4 Å². The molecule has 0 amide bonds. The molecule has 212 valence electrons. The molecule has 0 aromatic heterocycles. The fraction of sp³-hybridized carbons (Fsp3) is 0.783. The van der Waals surface area contributed by atoms with Crippen LogP contribution in [0.5, 0.6) is 0 Å². The third-order valence-corrected chi connectivity index (χ3v) is 6.12. The van der Waals surface area contributed by atoms with Crippen LogP contribution in [0, 0.1) is 5.92 Å². The lowest BCUT2D eigenvalue weighted by molar-refractivity contribution is -0.140. The Bertz CT molecular complexity index is 728. The minimum absolute atomic E-state index is 0.00718. The fourth-order valence-electron chi connectivity index (χ4n) is 3.93. The molecular formula is C23H41N5O9. The molecule has 0 saturated carbocycles. The number of carboxylic acids is 4. The number of hydrogen-bond acceptors (Lipinski definition) is 10. The van der Waals surface area contributed by atoms with Crippen LogP contribution in [0.25, 0.3) is 0 Å². The van der Waals surface area contributed by atoms with E-state index in [0.29, 0.717) is 26.2 Å². The Morgan fingerprint density at radius 3 is 0.811 bits per heavy atom. The second kappa shape index (κ2) is 17.0. The lowest BCUT2D eigenvalue weighted by atomic mass is 10.1. The Labute approximate surface area is 217 Å². The standard InChI is InChI=1S/C23H41N5O9/c1-18(2)19(29)13-24-3-5-25(14-20(30)31)7-9-27(16-22(34)35)11-12-28(17-23(36)37)10-8-26(6-4-24)15-21(32)33/h18H,3-17H2,1-2H3,(H,30,31)(H,32,33)(H,34,35)(H,36,37). The van der Waals surface area contributed by atoms with Gasteiger partial charge in [0.2, 0.25) is 0 Å². The third-order valence-electron chi connectivity index (χ3n) is 6.12. The van der Waals surface area contributed by atoms with Gasteiger partial charge < -0.3 is 20.4 Å². The van der Waals surface area contributed by atoms with Crippen LogP contribution in [0.3, 0.4) is 0 Å². The lowest BCUT2D eigenvalue weighted by Gasteiger charge is -2.30. The summed E-state index contributed by atoms with van der Waals surface area (Å²) in [7, 11) is 0. The number of aliphatic carboxylic acids is 4. The van der Waals surface area contributed by atoms with Crippen molar-refractivity contribution in [3.05, 3.63) is 0 Å². The largest absolute Gasteiger partial charge is 0.480 e. The summed E-state index contributed by atoms with van der Waals surface area (Å²) in [5.74, 6) is -4.37. The summed E-state index contributed by atoms with van der Waals surface area (Å²) in [6, 6.07) is 0. The van der Waals surface area contributed by atoms with Gasteiger partial charge in [-0.25, -0.2) is 0 Å². The summed E-state index contributed by atoms with van der Waals surface area (Å²) >= 11 is 0. The summed E-state index contributed by atoms with van der Waals surface area (Å²) in [5, 5.41) is 37.4. The Kier molecular flexibility index (Phi) is 14.9. The first-order valence-electron chi connectivity index (χ1n) is 12.4. The quantitative estimate of drug-likeness (QED) is 0.231. The van der Waals surface area contributed by atoms with Gasteiger partial charge in [-0.3, -0.25) is 48.5 Å². The second-order valence-electron chi connectivity index (χ2n) is 9.58. The van der Waals surface area contributed by atoms with Crippen molar-refractivity contribution >= 4 is 29.7 Å². The first kappa shape index (κ1) is 32.4. The first-order chi connectivity index (χ1) is 17.3. The lowest BCUT2D eigenvalue weighted by Crippen LogP contribution is -2.46. The topological polar surface area (TPSA) is 182 Å². The highest BCUT2D eigenvalue weighted by Gasteiger charge is 2.22. The van der Waals surface area contributed by atoms with Crippen molar-refractivity contribution in [3.8, 4) is 0 Å². The third kappa shape index (κ3) is 15.3. The fourth-order valence-corrected chi connectivity index (χ4v) is 3.93. The number of ketones is 1. The molecule has 1 heterocycles. The van der Waals surface area contributed by atoms with Crippen molar-refractivity contribution in [2.75, 3.05) is 98.2 Å². The van der Waals surface area contributed by atoms with E-state index in [-0.39, 0.29) is 83.7 Å². The highest BCUT2D eigenvalue weighted by molar-refractivity contribution is 5.82. The number of rotatable bonds is 11. The molecule has 1 aliphatic rings. The minimum Gasteiger partial charge on any atom is -0.480 e. The summed E-state index contributed by atoms with van der Waals surface area (Å²) in [5.41, 5.74) is 0. The van der Waals surface area contributed by atoms with Crippen molar-refractivity contribution in [1.29, 1.82) is 0 Å². The molecule has 0 aromatic carbocycles. The molecule has 0 aromatic rings. The maximum atomic E-state index is 12.5. The minimum atomic E-state index is -1.06. The van der Waals surface area contributed by atoms with Gasteiger partial charge in [-0.05, 0) is 0 Å². The Balaban J connectivity index is 3.20. The van der Waals surface area contributed by atoms with Crippen molar-refractivity contribution < 1.29 is 44.4 Å². The van der Waals surface area contributed by atoms with Gasteiger partial charge in [0.1, 0.15) is 5.78 Å². The zero-order valence-electron chi connectivity index (χ0n) is 21.8. The molecule has 1 aliphatic heterocycles. The van der Waals surface area contributed by atoms with Crippen molar-refractivity contribution in [1.82, 2.24) is 24.5 Å². The van der Waals surface area contributed by atoms with Crippen LogP contribution in [-0.4, -0.2) is 173 Å². The number of hydrogen-bond donors (Lipinski definition) is 4. The van der Waals surface area contributed by atoms with E-state index in [1.807, 2.05) is 4.90 Å². The zero-order chi connectivity index (χ0) is 28.0. The number of carboxylic acid groups (broad SMARTS) is 4. The number of carbonyl (C=O) groups is 5. The predicted molar refractivity (Wildman–Crippen MR) is 133 cm³/mol. The average molecular weight is 532 g/mol. The molecule has 37 heavy (non-hydrogen) atoms. The van der Waals surface area contributed by atoms with Crippen LogP contribution in [0.2, 0.25) is 0 Å². The molecule has 1 fully saturated rings. The van der Waals surface area contributed by atoms with Gasteiger partial charge >= 0.3 is 23.9 Å². The molecular weight excluding hydrogens is 490 g/mol. The van der Waals surface area contributed by atoms with E-state index in [4.69, 9.17) is 0 Å². The highest BCUT2D eigenvalue weighted by atomic mass is 16.4. The molecule has 0 radical (unpaired) electrons.